The number of hydrogen-bond acceptors (Lipinski definition) is 5. The lowest BCUT2D eigenvalue weighted by atomic mass is 9.87. The number of benzene rings is 2. The quantitative estimate of drug-likeness (QED) is 0.484. The number of rotatable bonds is 9. The van der Waals surface area contributed by atoms with Crippen LogP contribution < -0.4 is 10.1 Å². The molecule has 0 saturated carbocycles. The van der Waals surface area contributed by atoms with Crippen LogP contribution in [0.3, 0.4) is 0 Å². The third-order valence-corrected chi connectivity index (χ3v) is 6.47. The highest BCUT2D eigenvalue weighted by atomic mass is 16.5. The number of hydrogen-bond donors (Lipinski definition) is 1. The van der Waals surface area contributed by atoms with E-state index in [0.29, 0.717) is 31.0 Å². The fourth-order valence-electron chi connectivity index (χ4n) is 4.48. The average molecular weight is 490 g/mol. The van der Waals surface area contributed by atoms with Gasteiger partial charge in [-0.05, 0) is 68.4 Å². The molecule has 0 bridgehead atoms. The molecule has 1 N–H and O–H groups in total. The number of carbonyl (C=O) groups is 2. The van der Waals surface area contributed by atoms with Gasteiger partial charge < -0.3 is 24.3 Å². The first kappa shape index (κ1) is 25.5. The van der Waals surface area contributed by atoms with Gasteiger partial charge in [0.25, 0.3) is 5.91 Å². The second-order valence-electron chi connectivity index (χ2n) is 9.48. The van der Waals surface area contributed by atoms with Gasteiger partial charge in [0.1, 0.15) is 18.1 Å². The van der Waals surface area contributed by atoms with Crippen LogP contribution >= 0.6 is 0 Å². The Bertz CT molecular complexity index is 1200. The van der Waals surface area contributed by atoms with E-state index in [2.05, 4.69) is 42.6 Å². The summed E-state index contributed by atoms with van der Waals surface area (Å²) in [6, 6.07) is 17.7. The molecule has 0 saturated heterocycles. The first-order chi connectivity index (χ1) is 17.4. The number of nitrogens with zero attached hydrogens (tertiary/aromatic N) is 2. The molecule has 7 nitrogen and oxygen atoms in total. The van der Waals surface area contributed by atoms with Crippen molar-refractivity contribution in [2.75, 3.05) is 33.7 Å². The van der Waals surface area contributed by atoms with Gasteiger partial charge in [0.05, 0.1) is 6.04 Å². The SMILES string of the molecule is CCC(=O)N1CCc2ccc(OCc3ccc(C(=O)NCCN(C)C)o3)cc2C1c1ccc(C)cc1. The first-order valence-electron chi connectivity index (χ1n) is 12.5. The molecular weight excluding hydrogens is 454 g/mol. The van der Waals surface area contributed by atoms with E-state index < -0.39 is 0 Å². The van der Waals surface area contributed by atoms with Gasteiger partial charge in [-0.3, -0.25) is 9.59 Å². The van der Waals surface area contributed by atoms with Gasteiger partial charge >= 0.3 is 0 Å². The van der Waals surface area contributed by atoms with Gasteiger partial charge in [0, 0.05) is 26.1 Å². The first-order valence-corrected chi connectivity index (χ1v) is 12.5. The van der Waals surface area contributed by atoms with E-state index in [4.69, 9.17) is 9.15 Å². The highest BCUT2D eigenvalue weighted by molar-refractivity contribution is 5.91. The van der Waals surface area contributed by atoms with Gasteiger partial charge in [-0.15, -0.1) is 0 Å². The standard InChI is InChI=1S/C29H35N3O4/c1-5-27(33)32-16-14-21-10-11-23(18-25(21)28(32)22-8-6-20(2)7-9-22)35-19-24-12-13-26(36-24)29(34)30-15-17-31(3)4/h6-13,18,28H,5,14-17,19H2,1-4H3,(H,30,34). The fraction of sp³-hybridized carbons (Fsp3) is 0.379. The maximum absolute atomic E-state index is 12.8. The lowest BCUT2D eigenvalue weighted by molar-refractivity contribution is -0.132. The molecule has 4 rings (SSSR count). The van der Waals surface area contributed by atoms with E-state index in [1.54, 1.807) is 12.1 Å². The zero-order valence-electron chi connectivity index (χ0n) is 21.5. The van der Waals surface area contributed by atoms with Crippen molar-refractivity contribution in [3.05, 3.63) is 88.4 Å². The molecule has 0 fully saturated rings. The van der Waals surface area contributed by atoms with E-state index in [-0.39, 0.29) is 30.2 Å². The highest BCUT2D eigenvalue weighted by Gasteiger charge is 2.31. The minimum absolute atomic E-state index is 0.143. The van der Waals surface area contributed by atoms with Crippen molar-refractivity contribution in [3.63, 3.8) is 0 Å². The molecule has 0 spiro atoms. The molecule has 1 atom stereocenters. The molecule has 2 heterocycles. The average Bonchev–Trinajstić information content (AvgIpc) is 3.36. The molecule has 190 valence electrons. The van der Waals surface area contributed by atoms with Crippen molar-refractivity contribution in [2.24, 2.45) is 0 Å². The Labute approximate surface area is 213 Å². The summed E-state index contributed by atoms with van der Waals surface area (Å²) in [6.07, 6.45) is 1.28. The van der Waals surface area contributed by atoms with Crippen LogP contribution in [-0.4, -0.2) is 55.3 Å². The van der Waals surface area contributed by atoms with Crippen molar-refractivity contribution in [1.82, 2.24) is 15.1 Å². The number of amides is 2. The van der Waals surface area contributed by atoms with Crippen LogP contribution in [0.2, 0.25) is 0 Å². The summed E-state index contributed by atoms with van der Waals surface area (Å²) in [5, 5.41) is 2.85. The largest absolute Gasteiger partial charge is 0.486 e. The molecule has 0 aliphatic carbocycles. The molecule has 3 aromatic rings. The lowest BCUT2D eigenvalue weighted by Gasteiger charge is -2.38. The topological polar surface area (TPSA) is 75.0 Å². The van der Waals surface area contributed by atoms with Crippen LogP contribution in [0, 0.1) is 6.92 Å². The normalized spacial score (nSPS) is 15.0. The number of nitrogens with one attached hydrogen (secondary N) is 1. The molecule has 1 aromatic heterocycles. The Balaban J connectivity index is 1.50. The van der Waals surface area contributed by atoms with E-state index in [0.717, 1.165) is 24.1 Å². The molecule has 0 radical (unpaired) electrons. The molecule has 2 aromatic carbocycles. The van der Waals surface area contributed by atoms with Crippen LogP contribution in [0.4, 0.5) is 0 Å². The number of ether oxygens (including phenoxy) is 1. The van der Waals surface area contributed by atoms with Crippen LogP contribution in [-0.2, 0) is 17.8 Å². The van der Waals surface area contributed by atoms with Crippen molar-refractivity contribution < 1.29 is 18.7 Å². The van der Waals surface area contributed by atoms with Crippen LogP contribution in [0.1, 0.15) is 58.0 Å². The zero-order valence-corrected chi connectivity index (χ0v) is 21.5. The third kappa shape index (κ3) is 5.97. The minimum atomic E-state index is -0.237. The van der Waals surface area contributed by atoms with Crippen molar-refractivity contribution >= 4 is 11.8 Å². The lowest BCUT2D eigenvalue weighted by Crippen LogP contribution is -2.40. The predicted octanol–water partition coefficient (Wildman–Crippen LogP) is 4.34. The zero-order chi connectivity index (χ0) is 25.7. The minimum Gasteiger partial charge on any atom is -0.486 e. The summed E-state index contributed by atoms with van der Waals surface area (Å²) in [6.45, 7) is 6.18. The molecule has 2 amide bonds. The van der Waals surface area contributed by atoms with Gasteiger partial charge in [-0.25, -0.2) is 0 Å². The Morgan fingerprint density at radius 2 is 1.89 bits per heavy atom. The summed E-state index contributed by atoms with van der Waals surface area (Å²) in [5.74, 6) is 1.45. The highest BCUT2D eigenvalue weighted by Crippen LogP contribution is 2.37. The van der Waals surface area contributed by atoms with Crippen molar-refractivity contribution in [1.29, 1.82) is 0 Å². The van der Waals surface area contributed by atoms with Gasteiger partial charge in [0.15, 0.2) is 5.76 Å². The predicted molar refractivity (Wildman–Crippen MR) is 139 cm³/mol. The molecule has 1 aliphatic heterocycles. The summed E-state index contributed by atoms with van der Waals surface area (Å²) < 4.78 is 11.8. The van der Waals surface area contributed by atoms with Gasteiger partial charge in [0.2, 0.25) is 5.91 Å². The second kappa shape index (κ2) is 11.4. The number of aryl methyl sites for hydroxylation is 1. The number of fused-ring (bicyclic) bond motifs is 1. The monoisotopic (exact) mass is 489 g/mol. The summed E-state index contributed by atoms with van der Waals surface area (Å²) in [7, 11) is 3.91. The molecule has 7 heteroatoms. The van der Waals surface area contributed by atoms with Crippen molar-refractivity contribution in [3.8, 4) is 5.75 Å². The Morgan fingerprint density at radius 3 is 2.61 bits per heavy atom. The Morgan fingerprint density at radius 1 is 1.11 bits per heavy atom. The van der Waals surface area contributed by atoms with Crippen LogP contribution in [0.15, 0.2) is 59.0 Å². The van der Waals surface area contributed by atoms with E-state index in [1.807, 2.05) is 43.0 Å². The molecule has 1 aliphatic rings. The second-order valence-corrected chi connectivity index (χ2v) is 9.48. The summed E-state index contributed by atoms with van der Waals surface area (Å²) in [5.41, 5.74) is 4.59. The summed E-state index contributed by atoms with van der Waals surface area (Å²) >= 11 is 0. The van der Waals surface area contributed by atoms with E-state index in [1.165, 1.54) is 11.1 Å². The fourth-order valence-corrected chi connectivity index (χ4v) is 4.48. The summed E-state index contributed by atoms with van der Waals surface area (Å²) in [4.78, 5) is 29.1. The maximum atomic E-state index is 12.8. The van der Waals surface area contributed by atoms with E-state index in [9.17, 15) is 9.59 Å². The Kier molecular flexibility index (Phi) is 8.10. The van der Waals surface area contributed by atoms with Crippen LogP contribution in [0.25, 0.3) is 0 Å². The molecular formula is C29H35N3O4. The van der Waals surface area contributed by atoms with Gasteiger partial charge in [-0.1, -0.05) is 42.8 Å². The molecule has 36 heavy (non-hydrogen) atoms. The third-order valence-electron chi connectivity index (χ3n) is 6.47. The smallest absolute Gasteiger partial charge is 0.287 e. The van der Waals surface area contributed by atoms with E-state index >= 15 is 0 Å². The molecule has 1 unspecified atom stereocenters. The number of carbonyl (C=O) groups excluding carboxylic acids is 2. The van der Waals surface area contributed by atoms with Crippen molar-refractivity contribution in [2.45, 2.75) is 39.3 Å². The number of furan rings is 1. The van der Waals surface area contributed by atoms with Crippen LogP contribution in [0.5, 0.6) is 5.75 Å². The van der Waals surface area contributed by atoms with Gasteiger partial charge in [-0.2, -0.15) is 0 Å². The number of likely N-dealkylation sites (N-methyl/N-ethyl adjacent to an activating group) is 1. The maximum Gasteiger partial charge on any atom is 0.287 e. The Hall–Kier alpha value is -3.58.